The number of para-hydroxylation sites is 1. The minimum Gasteiger partial charge on any atom is -0.431 e. The van der Waals surface area contributed by atoms with Crippen LogP contribution in [0.15, 0.2) is 114 Å². The number of rotatable bonds is 5. The predicted molar refractivity (Wildman–Crippen MR) is 108 cm³/mol. The van der Waals surface area contributed by atoms with Gasteiger partial charge in [-0.2, -0.15) is 0 Å². The van der Waals surface area contributed by atoms with Crippen LogP contribution in [0.4, 0.5) is 0 Å². The van der Waals surface area contributed by atoms with Crippen LogP contribution in [0.1, 0.15) is 30.4 Å². The summed E-state index contributed by atoms with van der Waals surface area (Å²) in [7, 11) is 0. The van der Waals surface area contributed by atoms with E-state index in [0.717, 1.165) is 23.5 Å². The van der Waals surface area contributed by atoms with Gasteiger partial charge in [-0.05, 0) is 42.7 Å². The Hall–Kier alpha value is -3.26. The molecule has 2 nitrogen and oxygen atoms in total. The molecular formula is C25H22O2. The molecule has 4 rings (SSSR count). The van der Waals surface area contributed by atoms with Crippen LogP contribution in [0.25, 0.3) is 0 Å². The Bertz CT molecular complexity index is 902. The Balaban J connectivity index is 1.81. The van der Waals surface area contributed by atoms with E-state index in [9.17, 15) is 0 Å². The quantitative estimate of drug-likeness (QED) is 0.525. The second-order valence-electron chi connectivity index (χ2n) is 6.60. The normalized spacial score (nSPS) is 13.9. The summed E-state index contributed by atoms with van der Waals surface area (Å²) in [6.45, 7) is 1.96. The van der Waals surface area contributed by atoms with E-state index in [1.165, 1.54) is 11.1 Å². The van der Waals surface area contributed by atoms with Gasteiger partial charge in [0, 0.05) is 11.5 Å². The summed E-state index contributed by atoms with van der Waals surface area (Å²) >= 11 is 0. The Labute approximate surface area is 160 Å². The van der Waals surface area contributed by atoms with Crippen molar-refractivity contribution in [3.8, 4) is 5.75 Å². The van der Waals surface area contributed by atoms with E-state index in [1.54, 1.807) is 0 Å². The molecule has 0 radical (unpaired) electrons. The standard InChI is InChI=1S/C25H22O2/c1-19-17-18-23(25(26-19)27-22-15-9-4-10-16-22)24(20-11-5-2-6-12-20)21-13-7-3-8-14-21/h2-17,24H,18H2,1H3. The van der Waals surface area contributed by atoms with Gasteiger partial charge in [0.2, 0.25) is 0 Å². The molecule has 1 aliphatic heterocycles. The summed E-state index contributed by atoms with van der Waals surface area (Å²) in [6.07, 6.45) is 2.91. The summed E-state index contributed by atoms with van der Waals surface area (Å²) in [5, 5.41) is 0. The lowest BCUT2D eigenvalue weighted by atomic mass is 9.83. The SMILES string of the molecule is CC1=CCC(C(c2ccccc2)c2ccccc2)=C(Oc2ccccc2)O1. The second-order valence-corrected chi connectivity index (χ2v) is 6.60. The van der Waals surface area contributed by atoms with Crippen molar-refractivity contribution in [1.29, 1.82) is 0 Å². The molecule has 0 aromatic heterocycles. The number of benzene rings is 3. The van der Waals surface area contributed by atoms with Gasteiger partial charge in [0.1, 0.15) is 11.5 Å². The average Bonchev–Trinajstić information content (AvgIpc) is 2.72. The minimum absolute atomic E-state index is 0.0791. The van der Waals surface area contributed by atoms with Gasteiger partial charge in [0.15, 0.2) is 0 Å². The van der Waals surface area contributed by atoms with Gasteiger partial charge in [-0.3, -0.25) is 0 Å². The maximum Gasteiger partial charge on any atom is 0.290 e. The van der Waals surface area contributed by atoms with Crippen LogP contribution >= 0.6 is 0 Å². The highest BCUT2D eigenvalue weighted by Crippen LogP contribution is 2.39. The lowest BCUT2D eigenvalue weighted by molar-refractivity contribution is 0.148. The van der Waals surface area contributed by atoms with Gasteiger partial charge >= 0.3 is 0 Å². The van der Waals surface area contributed by atoms with Crippen LogP contribution in [-0.4, -0.2) is 0 Å². The third-order valence-electron chi connectivity index (χ3n) is 4.69. The first-order valence-corrected chi connectivity index (χ1v) is 9.22. The molecule has 27 heavy (non-hydrogen) atoms. The molecule has 134 valence electrons. The number of hydrogen-bond acceptors (Lipinski definition) is 2. The van der Waals surface area contributed by atoms with Crippen molar-refractivity contribution < 1.29 is 9.47 Å². The summed E-state index contributed by atoms with van der Waals surface area (Å²) in [6, 6.07) is 30.9. The van der Waals surface area contributed by atoms with Crippen LogP contribution in [0.5, 0.6) is 5.75 Å². The molecule has 0 fully saturated rings. The van der Waals surface area contributed by atoms with E-state index in [1.807, 2.05) is 49.4 Å². The molecule has 3 aromatic rings. The molecule has 1 aliphatic rings. The van der Waals surface area contributed by atoms with E-state index in [0.29, 0.717) is 5.95 Å². The highest BCUT2D eigenvalue weighted by Gasteiger charge is 2.27. The van der Waals surface area contributed by atoms with E-state index in [2.05, 4.69) is 54.6 Å². The van der Waals surface area contributed by atoms with Crippen LogP contribution in [0, 0.1) is 0 Å². The van der Waals surface area contributed by atoms with Crippen LogP contribution in [-0.2, 0) is 4.74 Å². The van der Waals surface area contributed by atoms with Crippen LogP contribution in [0.3, 0.4) is 0 Å². The zero-order valence-corrected chi connectivity index (χ0v) is 15.3. The summed E-state index contributed by atoms with van der Waals surface area (Å²) < 4.78 is 12.2. The molecular weight excluding hydrogens is 332 g/mol. The fraction of sp³-hybridized carbons (Fsp3) is 0.120. The molecule has 0 atom stereocenters. The van der Waals surface area contributed by atoms with Gasteiger partial charge in [0.05, 0.1) is 0 Å². The second kappa shape index (κ2) is 7.96. The molecule has 0 saturated carbocycles. The van der Waals surface area contributed by atoms with Gasteiger partial charge in [0.25, 0.3) is 5.95 Å². The summed E-state index contributed by atoms with van der Waals surface area (Å²) in [5.74, 6) is 2.30. The molecule has 0 unspecified atom stereocenters. The van der Waals surface area contributed by atoms with Crippen LogP contribution in [0.2, 0.25) is 0 Å². The van der Waals surface area contributed by atoms with Crippen molar-refractivity contribution in [2.45, 2.75) is 19.3 Å². The third kappa shape index (κ3) is 3.95. The smallest absolute Gasteiger partial charge is 0.290 e. The summed E-state index contributed by atoms with van der Waals surface area (Å²) in [4.78, 5) is 0. The highest BCUT2D eigenvalue weighted by atomic mass is 16.7. The molecule has 0 N–H and O–H groups in total. The van der Waals surface area contributed by atoms with Crippen molar-refractivity contribution in [3.05, 3.63) is 125 Å². The Kier molecular flexibility index (Phi) is 5.06. The lowest BCUT2D eigenvalue weighted by Gasteiger charge is -2.27. The van der Waals surface area contributed by atoms with Crippen molar-refractivity contribution in [2.75, 3.05) is 0 Å². The average molecular weight is 354 g/mol. The topological polar surface area (TPSA) is 18.5 Å². The number of hydrogen-bond donors (Lipinski definition) is 0. The zero-order valence-electron chi connectivity index (χ0n) is 15.3. The maximum atomic E-state index is 6.18. The highest BCUT2D eigenvalue weighted by molar-refractivity contribution is 5.43. The Morgan fingerprint density at radius 1 is 0.741 bits per heavy atom. The molecule has 2 heteroatoms. The Morgan fingerprint density at radius 3 is 1.81 bits per heavy atom. The molecule has 0 aliphatic carbocycles. The molecule has 0 saturated heterocycles. The van der Waals surface area contributed by atoms with E-state index in [4.69, 9.17) is 9.47 Å². The monoisotopic (exact) mass is 354 g/mol. The molecule has 3 aromatic carbocycles. The van der Waals surface area contributed by atoms with Crippen molar-refractivity contribution in [1.82, 2.24) is 0 Å². The largest absolute Gasteiger partial charge is 0.431 e. The van der Waals surface area contributed by atoms with Gasteiger partial charge in [-0.25, -0.2) is 0 Å². The van der Waals surface area contributed by atoms with E-state index < -0.39 is 0 Å². The Morgan fingerprint density at radius 2 is 1.26 bits per heavy atom. The lowest BCUT2D eigenvalue weighted by Crippen LogP contribution is -2.15. The first-order chi connectivity index (χ1) is 13.3. The molecule has 0 bridgehead atoms. The first-order valence-electron chi connectivity index (χ1n) is 9.22. The predicted octanol–water partition coefficient (Wildman–Crippen LogP) is 6.43. The van der Waals surface area contributed by atoms with Crippen molar-refractivity contribution >= 4 is 0 Å². The summed E-state index contributed by atoms with van der Waals surface area (Å²) in [5.41, 5.74) is 3.58. The van der Waals surface area contributed by atoms with E-state index >= 15 is 0 Å². The van der Waals surface area contributed by atoms with Gasteiger partial charge in [-0.15, -0.1) is 0 Å². The maximum absolute atomic E-state index is 6.18. The zero-order chi connectivity index (χ0) is 18.5. The van der Waals surface area contributed by atoms with Gasteiger partial charge < -0.3 is 9.47 Å². The molecule has 1 heterocycles. The van der Waals surface area contributed by atoms with Crippen molar-refractivity contribution in [2.24, 2.45) is 0 Å². The van der Waals surface area contributed by atoms with Crippen molar-refractivity contribution in [3.63, 3.8) is 0 Å². The van der Waals surface area contributed by atoms with E-state index in [-0.39, 0.29) is 5.92 Å². The molecule has 0 spiro atoms. The number of allylic oxidation sites excluding steroid dienone is 3. The van der Waals surface area contributed by atoms with Gasteiger partial charge in [-0.1, -0.05) is 78.9 Å². The third-order valence-corrected chi connectivity index (χ3v) is 4.69. The fourth-order valence-corrected chi connectivity index (χ4v) is 3.39. The minimum atomic E-state index is 0.0791. The first kappa shape index (κ1) is 17.2. The van der Waals surface area contributed by atoms with Crippen LogP contribution < -0.4 is 4.74 Å². The fourth-order valence-electron chi connectivity index (χ4n) is 3.39. The number of ether oxygens (including phenoxy) is 2. The molecule has 0 amide bonds.